The third kappa shape index (κ3) is 4.78. The molecule has 0 saturated heterocycles. The molecule has 2 rings (SSSR count). The normalized spacial score (nSPS) is 11.9. The van der Waals surface area contributed by atoms with Gasteiger partial charge in [-0.1, -0.05) is 12.1 Å². The predicted octanol–water partition coefficient (Wildman–Crippen LogP) is 3.61. The van der Waals surface area contributed by atoms with Gasteiger partial charge in [-0.25, -0.2) is 9.18 Å². The Hall–Kier alpha value is -2.43. The van der Waals surface area contributed by atoms with E-state index in [1.807, 2.05) is 32.0 Å². The molecule has 5 heteroatoms. The average molecular weight is 329 g/mol. The summed E-state index contributed by atoms with van der Waals surface area (Å²) in [4.78, 5) is 18.2. The molecule has 0 fully saturated rings. The third-order valence-electron chi connectivity index (χ3n) is 4.14. The average Bonchev–Trinajstić information content (AvgIpc) is 2.55. The summed E-state index contributed by atoms with van der Waals surface area (Å²) < 4.78 is 13.5. The molecule has 24 heavy (non-hydrogen) atoms. The van der Waals surface area contributed by atoms with E-state index >= 15 is 0 Å². The first-order chi connectivity index (χ1) is 11.4. The van der Waals surface area contributed by atoms with Crippen molar-refractivity contribution in [2.24, 2.45) is 0 Å². The minimum Gasteiger partial charge on any atom is -0.334 e. The second kappa shape index (κ2) is 7.90. The van der Waals surface area contributed by atoms with Gasteiger partial charge in [0.05, 0.1) is 0 Å². The molecule has 1 atom stereocenters. The SMILES string of the molecule is Cc1ccnc(C[C@@H](C)N(C)C(=O)NCc2ccc(C)c(F)c2)c1. The molecule has 0 aliphatic carbocycles. The first kappa shape index (κ1) is 17.9. The number of carbonyl (C=O) groups is 1. The first-order valence-electron chi connectivity index (χ1n) is 8.04. The van der Waals surface area contributed by atoms with Crippen LogP contribution in [0.2, 0.25) is 0 Å². The Morgan fingerprint density at radius 1 is 1.29 bits per heavy atom. The molecule has 1 aromatic heterocycles. The van der Waals surface area contributed by atoms with Crippen LogP contribution in [0.25, 0.3) is 0 Å². The molecule has 2 aromatic rings. The van der Waals surface area contributed by atoms with Crippen molar-refractivity contribution in [2.45, 2.75) is 39.8 Å². The number of nitrogens with zero attached hydrogens (tertiary/aromatic N) is 2. The van der Waals surface area contributed by atoms with Gasteiger partial charge < -0.3 is 10.2 Å². The highest BCUT2D eigenvalue weighted by Gasteiger charge is 2.16. The number of benzene rings is 1. The number of amides is 2. The van der Waals surface area contributed by atoms with Gasteiger partial charge in [0.15, 0.2) is 0 Å². The van der Waals surface area contributed by atoms with Crippen LogP contribution >= 0.6 is 0 Å². The summed E-state index contributed by atoms with van der Waals surface area (Å²) in [5.41, 5.74) is 3.46. The van der Waals surface area contributed by atoms with Crippen LogP contribution in [0, 0.1) is 19.7 Å². The lowest BCUT2D eigenvalue weighted by atomic mass is 10.1. The van der Waals surface area contributed by atoms with Crippen molar-refractivity contribution in [3.63, 3.8) is 0 Å². The number of hydrogen-bond acceptors (Lipinski definition) is 2. The van der Waals surface area contributed by atoms with Crippen LogP contribution in [-0.4, -0.2) is 29.0 Å². The summed E-state index contributed by atoms with van der Waals surface area (Å²) in [6.45, 7) is 6.02. The number of halogens is 1. The first-order valence-corrected chi connectivity index (χ1v) is 8.04. The number of aromatic nitrogens is 1. The number of urea groups is 1. The molecule has 0 aliphatic rings. The summed E-state index contributed by atoms with van der Waals surface area (Å²) >= 11 is 0. The van der Waals surface area contributed by atoms with E-state index < -0.39 is 0 Å². The van der Waals surface area contributed by atoms with Gasteiger partial charge in [0, 0.05) is 37.9 Å². The van der Waals surface area contributed by atoms with Crippen molar-refractivity contribution in [1.82, 2.24) is 15.2 Å². The van der Waals surface area contributed by atoms with Crippen LogP contribution in [0.1, 0.15) is 29.3 Å². The van der Waals surface area contributed by atoms with Gasteiger partial charge >= 0.3 is 6.03 Å². The smallest absolute Gasteiger partial charge is 0.317 e. The molecular weight excluding hydrogens is 305 g/mol. The Morgan fingerprint density at radius 3 is 2.71 bits per heavy atom. The monoisotopic (exact) mass is 329 g/mol. The van der Waals surface area contributed by atoms with E-state index in [2.05, 4.69) is 10.3 Å². The number of rotatable bonds is 5. The summed E-state index contributed by atoms with van der Waals surface area (Å²) in [5, 5.41) is 2.82. The highest BCUT2D eigenvalue weighted by molar-refractivity contribution is 5.74. The van der Waals surface area contributed by atoms with Crippen molar-refractivity contribution in [3.8, 4) is 0 Å². The molecule has 1 aromatic carbocycles. The molecule has 0 saturated carbocycles. The van der Waals surface area contributed by atoms with Crippen LogP contribution in [0.5, 0.6) is 0 Å². The molecule has 0 bridgehead atoms. The molecule has 0 radical (unpaired) electrons. The predicted molar refractivity (Wildman–Crippen MR) is 93.3 cm³/mol. The van der Waals surface area contributed by atoms with Crippen molar-refractivity contribution in [1.29, 1.82) is 0 Å². The van der Waals surface area contributed by atoms with Crippen LogP contribution < -0.4 is 5.32 Å². The van der Waals surface area contributed by atoms with E-state index in [-0.39, 0.29) is 17.9 Å². The Bertz CT molecular complexity index is 718. The van der Waals surface area contributed by atoms with Crippen molar-refractivity contribution >= 4 is 6.03 Å². The van der Waals surface area contributed by atoms with Gasteiger partial charge in [0.25, 0.3) is 0 Å². The Balaban J connectivity index is 1.89. The number of hydrogen-bond donors (Lipinski definition) is 1. The third-order valence-corrected chi connectivity index (χ3v) is 4.14. The van der Waals surface area contributed by atoms with Gasteiger partial charge in [-0.2, -0.15) is 0 Å². The quantitative estimate of drug-likeness (QED) is 0.911. The fourth-order valence-corrected chi connectivity index (χ4v) is 2.40. The highest BCUT2D eigenvalue weighted by atomic mass is 19.1. The molecular formula is C19H24FN3O. The zero-order valence-corrected chi connectivity index (χ0v) is 14.6. The van der Waals surface area contributed by atoms with E-state index in [1.54, 1.807) is 31.1 Å². The summed E-state index contributed by atoms with van der Waals surface area (Å²) in [5.74, 6) is -0.256. The van der Waals surface area contributed by atoms with Crippen molar-refractivity contribution in [3.05, 3.63) is 64.7 Å². The molecule has 2 amide bonds. The van der Waals surface area contributed by atoms with Crippen molar-refractivity contribution < 1.29 is 9.18 Å². The van der Waals surface area contributed by atoms with E-state index in [0.29, 0.717) is 18.5 Å². The summed E-state index contributed by atoms with van der Waals surface area (Å²) in [6, 6.07) is 8.79. The summed E-state index contributed by atoms with van der Waals surface area (Å²) in [7, 11) is 1.76. The molecule has 1 N–H and O–H groups in total. The molecule has 0 spiro atoms. The topological polar surface area (TPSA) is 45.2 Å². The minimum atomic E-state index is -0.256. The van der Waals surface area contributed by atoms with E-state index in [1.165, 1.54) is 6.07 Å². The number of likely N-dealkylation sites (N-methyl/N-ethyl adjacent to an activating group) is 1. The van der Waals surface area contributed by atoms with Crippen LogP contribution in [0.4, 0.5) is 9.18 Å². The van der Waals surface area contributed by atoms with Crippen LogP contribution in [-0.2, 0) is 13.0 Å². The number of nitrogens with one attached hydrogen (secondary N) is 1. The van der Waals surface area contributed by atoms with Crippen molar-refractivity contribution in [2.75, 3.05) is 7.05 Å². The maximum atomic E-state index is 13.5. The number of aryl methyl sites for hydroxylation is 2. The van der Waals surface area contributed by atoms with Gasteiger partial charge in [-0.3, -0.25) is 4.98 Å². The molecule has 4 nitrogen and oxygen atoms in total. The van der Waals surface area contributed by atoms with E-state index in [4.69, 9.17) is 0 Å². The highest BCUT2D eigenvalue weighted by Crippen LogP contribution is 2.10. The zero-order valence-electron chi connectivity index (χ0n) is 14.6. The zero-order chi connectivity index (χ0) is 17.7. The lowest BCUT2D eigenvalue weighted by molar-refractivity contribution is 0.193. The second-order valence-electron chi connectivity index (χ2n) is 6.23. The fourth-order valence-electron chi connectivity index (χ4n) is 2.40. The van der Waals surface area contributed by atoms with E-state index in [0.717, 1.165) is 16.8 Å². The molecule has 0 unspecified atom stereocenters. The lowest BCUT2D eigenvalue weighted by Gasteiger charge is -2.25. The maximum Gasteiger partial charge on any atom is 0.317 e. The lowest BCUT2D eigenvalue weighted by Crippen LogP contribution is -2.43. The molecule has 128 valence electrons. The van der Waals surface area contributed by atoms with E-state index in [9.17, 15) is 9.18 Å². The Labute approximate surface area is 142 Å². The summed E-state index contributed by atoms with van der Waals surface area (Å²) in [6.07, 6.45) is 2.47. The minimum absolute atomic E-state index is 0.00838. The van der Waals surface area contributed by atoms with Gasteiger partial charge in [0.1, 0.15) is 5.82 Å². The number of pyridine rings is 1. The molecule has 1 heterocycles. The Morgan fingerprint density at radius 2 is 2.04 bits per heavy atom. The molecule has 0 aliphatic heterocycles. The fraction of sp³-hybridized carbons (Fsp3) is 0.368. The van der Waals surface area contributed by atoms with Gasteiger partial charge in [-0.05, 0) is 55.7 Å². The van der Waals surface area contributed by atoms with Crippen LogP contribution in [0.15, 0.2) is 36.5 Å². The Kier molecular flexibility index (Phi) is 5.90. The maximum absolute atomic E-state index is 13.5. The van der Waals surface area contributed by atoms with Crippen LogP contribution in [0.3, 0.4) is 0 Å². The van der Waals surface area contributed by atoms with Gasteiger partial charge in [0.2, 0.25) is 0 Å². The number of carbonyl (C=O) groups excluding carboxylic acids is 1. The standard InChI is InChI=1S/C19H24FN3O/c1-13-7-8-21-17(9-13)10-15(3)23(4)19(24)22-12-16-6-5-14(2)18(20)11-16/h5-9,11,15H,10,12H2,1-4H3,(H,22,24)/t15-/m1/s1. The second-order valence-corrected chi connectivity index (χ2v) is 6.23. The van der Waals surface area contributed by atoms with Gasteiger partial charge in [-0.15, -0.1) is 0 Å². The largest absolute Gasteiger partial charge is 0.334 e.